The summed E-state index contributed by atoms with van der Waals surface area (Å²) in [6.45, 7) is 5.36. The second-order valence-corrected chi connectivity index (χ2v) is 6.15. The molecule has 6 nitrogen and oxygen atoms in total. The van der Waals surface area contributed by atoms with Crippen LogP contribution in [0.3, 0.4) is 0 Å². The van der Waals surface area contributed by atoms with Gasteiger partial charge in [0.25, 0.3) is 0 Å². The second kappa shape index (κ2) is 11.6. The van der Waals surface area contributed by atoms with Crippen molar-refractivity contribution in [2.24, 2.45) is 0 Å². The Morgan fingerprint density at radius 3 is 2.57 bits per heavy atom. The first-order chi connectivity index (χ1) is 13.6. The number of furan rings is 1. The molecule has 2 aromatic rings. The highest BCUT2D eigenvalue weighted by molar-refractivity contribution is 5.92. The van der Waals surface area contributed by atoms with Gasteiger partial charge in [-0.25, -0.2) is 0 Å². The number of amides is 1. The predicted molar refractivity (Wildman–Crippen MR) is 107 cm³/mol. The zero-order chi connectivity index (χ0) is 20.2. The normalized spacial score (nSPS) is 10.8. The Kier molecular flexibility index (Phi) is 8.85. The van der Waals surface area contributed by atoms with Crippen LogP contribution in [-0.4, -0.2) is 36.5 Å². The van der Waals surface area contributed by atoms with E-state index in [2.05, 4.69) is 6.92 Å². The zero-order valence-electron chi connectivity index (χ0n) is 16.4. The summed E-state index contributed by atoms with van der Waals surface area (Å²) in [5, 5.41) is 0. The van der Waals surface area contributed by atoms with Crippen LogP contribution in [0.4, 0.5) is 0 Å². The van der Waals surface area contributed by atoms with Crippen LogP contribution in [0.25, 0.3) is 6.08 Å². The molecule has 2 rings (SSSR count). The maximum atomic E-state index is 12.6. The van der Waals surface area contributed by atoms with Gasteiger partial charge in [0.05, 0.1) is 32.4 Å². The lowest BCUT2D eigenvalue weighted by Gasteiger charge is -2.19. The standard InChI is InChI=1S/C22H27NO5/c1-3-15-27-19-10-7-18(8-11-19)9-12-21(24)23(14-13-22(25)26-4-2)17-20-6-5-16-28-20/h5-12,16H,3-4,13-15,17H2,1-2H3/b12-9+. The molecule has 0 N–H and O–H groups in total. The van der Waals surface area contributed by atoms with E-state index in [0.29, 0.717) is 25.5 Å². The molecule has 1 amide bonds. The van der Waals surface area contributed by atoms with E-state index in [-0.39, 0.29) is 24.8 Å². The lowest BCUT2D eigenvalue weighted by molar-refractivity contribution is -0.143. The van der Waals surface area contributed by atoms with Crippen molar-refractivity contribution in [1.82, 2.24) is 4.90 Å². The van der Waals surface area contributed by atoms with Crippen LogP contribution in [0.15, 0.2) is 53.2 Å². The van der Waals surface area contributed by atoms with Gasteiger partial charge in [0.1, 0.15) is 11.5 Å². The molecule has 0 fully saturated rings. The summed E-state index contributed by atoms with van der Waals surface area (Å²) in [5.41, 5.74) is 0.889. The molecule has 0 saturated heterocycles. The Morgan fingerprint density at radius 1 is 1.14 bits per heavy atom. The van der Waals surface area contributed by atoms with E-state index in [1.54, 1.807) is 36.3 Å². The monoisotopic (exact) mass is 385 g/mol. The molecule has 0 bridgehead atoms. The van der Waals surface area contributed by atoms with E-state index in [1.807, 2.05) is 24.3 Å². The number of esters is 1. The van der Waals surface area contributed by atoms with Crippen LogP contribution >= 0.6 is 0 Å². The number of ether oxygens (including phenoxy) is 2. The van der Waals surface area contributed by atoms with Gasteiger partial charge in [-0.15, -0.1) is 0 Å². The van der Waals surface area contributed by atoms with E-state index >= 15 is 0 Å². The van der Waals surface area contributed by atoms with Gasteiger partial charge >= 0.3 is 5.97 Å². The molecular weight excluding hydrogens is 358 g/mol. The lowest BCUT2D eigenvalue weighted by Crippen LogP contribution is -2.31. The number of rotatable bonds is 11. The van der Waals surface area contributed by atoms with Gasteiger partial charge in [-0.05, 0) is 49.2 Å². The largest absolute Gasteiger partial charge is 0.494 e. The number of carbonyl (C=O) groups is 2. The van der Waals surface area contributed by atoms with Crippen molar-refractivity contribution in [3.8, 4) is 5.75 Å². The first-order valence-corrected chi connectivity index (χ1v) is 9.50. The number of hydrogen-bond acceptors (Lipinski definition) is 5. The average molecular weight is 385 g/mol. The lowest BCUT2D eigenvalue weighted by atomic mass is 10.2. The molecule has 0 aliphatic heterocycles. The predicted octanol–water partition coefficient (Wildman–Crippen LogP) is 4.06. The minimum atomic E-state index is -0.327. The fourth-order valence-electron chi connectivity index (χ4n) is 2.49. The summed E-state index contributed by atoms with van der Waals surface area (Å²) in [6, 6.07) is 11.1. The highest BCUT2D eigenvalue weighted by Gasteiger charge is 2.15. The van der Waals surface area contributed by atoms with Crippen molar-refractivity contribution in [3.05, 3.63) is 60.1 Å². The molecule has 0 spiro atoms. The first-order valence-electron chi connectivity index (χ1n) is 9.50. The quantitative estimate of drug-likeness (QED) is 0.431. The smallest absolute Gasteiger partial charge is 0.307 e. The Morgan fingerprint density at radius 2 is 1.93 bits per heavy atom. The van der Waals surface area contributed by atoms with Crippen molar-refractivity contribution < 1.29 is 23.5 Å². The number of hydrogen-bond donors (Lipinski definition) is 0. The summed E-state index contributed by atoms with van der Waals surface area (Å²) >= 11 is 0. The van der Waals surface area contributed by atoms with Crippen molar-refractivity contribution in [2.75, 3.05) is 19.8 Å². The van der Waals surface area contributed by atoms with Crippen LogP contribution in [0.2, 0.25) is 0 Å². The van der Waals surface area contributed by atoms with Gasteiger partial charge in [-0.2, -0.15) is 0 Å². The maximum absolute atomic E-state index is 12.6. The van der Waals surface area contributed by atoms with Crippen molar-refractivity contribution in [1.29, 1.82) is 0 Å². The van der Waals surface area contributed by atoms with E-state index in [1.165, 1.54) is 6.08 Å². The summed E-state index contributed by atoms with van der Waals surface area (Å²) in [4.78, 5) is 25.8. The molecule has 0 atom stereocenters. The Labute approximate surface area is 165 Å². The third-order valence-corrected chi connectivity index (χ3v) is 3.90. The minimum Gasteiger partial charge on any atom is -0.494 e. The molecule has 1 aromatic heterocycles. The Hall–Kier alpha value is -3.02. The fraction of sp³-hybridized carbons (Fsp3) is 0.364. The molecule has 0 unspecified atom stereocenters. The van der Waals surface area contributed by atoms with Crippen LogP contribution in [0.5, 0.6) is 5.75 Å². The number of nitrogens with zero attached hydrogens (tertiary/aromatic N) is 1. The third kappa shape index (κ3) is 7.31. The maximum Gasteiger partial charge on any atom is 0.307 e. The molecule has 1 aromatic carbocycles. The first kappa shape index (κ1) is 21.3. The van der Waals surface area contributed by atoms with E-state index < -0.39 is 0 Å². The fourth-order valence-corrected chi connectivity index (χ4v) is 2.49. The second-order valence-electron chi connectivity index (χ2n) is 6.15. The van der Waals surface area contributed by atoms with Gasteiger partial charge in [0, 0.05) is 12.6 Å². The summed E-state index contributed by atoms with van der Waals surface area (Å²) in [5.74, 6) is 0.931. The molecule has 150 valence electrons. The van der Waals surface area contributed by atoms with E-state index in [9.17, 15) is 9.59 Å². The summed E-state index contributed by atoms with van der Waals surface area (Å²) in [7, 11) is 0. The highest BCUT2D eigenvalue weighted by Crippen LogP contribution is 2.14. The Balaban J connectivity index is 1.99. The number of benzene rings is 1. The highest BCUT2D eigenvalue weighted by atomic mass is 16.5. The summed E-state index contributed by atoms with van der Waals surface area (Å²) in [6.07, 6.45) is 5.88. The van der Waals surface area contributed by atoms with Gasteiger partial charge in [0.2, 0.25) is 5.91 Å². The van der Waals surface area contributed by atoms with Crippen molar-refractivity contribution in [2.45, 2.75) is 33.2 Å². The molecule has 0 aliphatic rings. The molecular formula is C22H27NO5. The molecule has 28 heavy (non-hydrogen) atoms. The molecule has 0 saturated carbocycles. The SMILES string of the molecule is CCCOc1ccc(/C=C/C(=O)N(CCC(=O)OCC)Cc2ccco2)cc1. The minimum absolute atomic E-state index is 0.137. The zero-order valence-corrected chi connectivity index (χ0v) is 16.4. The van der Waals surface area contributed by atoms with Gasteiger partial charge < -0.3 is 18.8 Å². The molecule has 6 heteroatoms. The number of carbonyl (C=O) groups excluding carboxylic acids is 2. The van der Waals surface area contributed by atoms with Crippen molar-refractivity contribution >= 4 is 18.0 Å². The van der Waals surface area contributed by atoms with Gasteiger partial charge in [-0.3, -0.25) is 9.59 Å². The molecule has 0 aliphatic carbocycles. The van der Waals surface area contributed by atoms with Gasteiger partial charge in [0.15, 0.2) is 0 Å². The molecule has 0 radical (unpaired) electrons. The Bertz CT molecular complexity index is 750. The topological polar surface area (TPSA) is 69.0 Å². The van der Waals surface area contributed by atoms with Crippen LogP contribution in [0, 0.1) is 0 Å². The van der Waals surface area contributed by atoms with Crippen LogP contribution in [0.1, 0.15) is 38.0 Å². The van der Waals surface area contributed by atoms with E-state index in [4.69, 9.17) is 13.9 Å². The summed E-state index contributed by atoms with van der Waals surface area (Å²) < 4.78 is 15.8. The van der Waals surface area contributed by atoms with Crippen molar-refractivity contribution in [3.63, 3.8) is 0 Å². The average Bonchev–Trinajstić information content (AvgIpc) is 3.22. The molecule has 1 heterocycles. The van der Waals surface area contributed by atoms with Gasteiger partial charge in [-0.1, -0.05) is 19.1 Å². The third-order valence-electron chi connectivity index (χ3n) is 3.90. The van der Waals surface area contributed by atoms with Crippen LogP contribution in [-0.2, 0) is 20.9 Å². The van der Waals surface area contributed by atoms with Crippen LogP contribution < -0.4 is 4.74 Å². The van der Waals surface area contributed by atoms with E-state index in [0.717, 1.165) is 17.7 Å².